The molecular weight excluding hydrogens is 302 g/mol. The molecule has 2 aromatic carbocycles. The van der Waals surface area contributed by atoms with Gasteiger partial charge in [0.05, 0.1) is 12.2 Å². The van der Waals surface area contributed by atoms with E-state index < -0.39 is 5.97 Å². The van der Waals surface area contributed by atoms with E-state index in [0.717, 1.165) is 44.5 Å². The maximum absolute atomic E-state index is 10.8. The molecule has 0 aromatic heterocycles. The van der Waals surface area contributed by atoms with Crippen LogP contribution in [0.1, 0.15) is 35.2 Å². The van der Waals surface area contributed by atoms with Crippen molar-refractivity contribution < 1.29 is 14.6 Å². The summed E-state index contributed by atoms with van der Waals surface area (Å²) in [6.45, 7) is 2.68. The lowest BCUT2D eigenvalue weighted by Crippen LogP contribution is -2.17. The third kappa shape index (κ3) is 6.84. The number of rotatable bonds is 11. The van der Waals surface area contributed by atoms with Gasteiger partial charge in [0.2, 0.25) is 0 Å². The van der Waals surface area contributed by atoms with Crippen molar-refractivity contribution in [2.24, 2.45) is 0 Å². The third-order valence-corrected chi connectivity index (χ3v) is 3.78. The fourth-order valence-corrected chi connectivity index (χ4v) is 2.42. The van der Waals surface area contributed by atoms with E-state index in [1.54, 1.807) is 24.3 Å². The van der Waals surface area contributed by atoms with Gasteiger partial charge in [0.25, 0.3) is 0 Å². The Morgan fingerprint density at radius 1 is 0.917 bits per heavy atom. The second-order valence-electron chi connectivity index (χ2n) is 5.72. The number of carboxylic acids is 1. The highest BCUT2D eigenvalue weighted by Gasteiger charge is 2.01. The summed E-state index contributed by atoms with van der Waals surface area (Å²) in [5, 5.41) is 12.3. The number of hydrogen-bond donors (Lipinski definition) is 2. The first-order valence-electron chi connectivity index (χ1n) is 8.46. The Morgan fingerprint density at radius 3 is 2.33 bits per heavy atom. The van der Waals surface area contributed by atoms with Crippen molar-refractivity contribution in [1.82, 2.24) is 5.32 Å². The van der Waals surface area contributed by atoms with Crippen molar-refractivity contribution in [3.8, 4) is 5.75 Å². The Bertz CT molecular complexity index is 596. The molecule has 0 fully saturated rings. The number of carbonyl (C=O) groups is 1. The molecule has 0 radical (unpaired) electrons. The molecule has 2 rings (SSSR count). The highest BCUT2D eigenvalue weighted by molar-refractivity contribution is 5.87. The zero-order valence-electron chi connectivity index (χ0n) is 13.9. The number of benzene rings is 2. The number of aromatic carboxylic acids is 1. The lowest BCUT2D eigenvalue weighted by molar-refractivity contribution is 0.0697. The molecular formula is C20H25NO3. The van der Waals surface area contributed by atoms with E-state index in [9.17, 15) is 4.79 Å². The summed E-state index contributed by atoms with van der Waals surface area (Å²) in [6.07, 6.45) is 4.31. The van der Waals surface area contributed by atoms with Gasteiger partial charge < -0.3 is 15.2 Å². The van der Waals surface area contributed by atoms with Crippen molar-refractivity contribution in [3.63, 3.8) is 0 Å². The molecule has 24 heavy (non-hydrogen) atoms. The maximum atomic E-state index is 10.8. The monoisotopic (exact) mass is 327 g/mol. The Hall–Kier alpha value is -2.33. The van der Waals surface area contributed by atoms with Crippen molar-refractivity contribution in [2.75, 3.05) is 19.7 Å². The fourth-order valence-electron chi connectivity index (χ4n) is 2.42. The number of aryl methyl sites for hydroxylation is 1. The van der Waals surface area contributed by atoms with Gasteiger partial charge in [-0.15, -0.1) is 0 Å². The fraction of sp³-hybridized carbons (Fsp3) is 0.350. The summed E-state index contributed by atoms with van der Waals surface area (Å²) < 4.78 is 5.61. The lowest BCUT2D eigenvalue weighted by Gasteiger charge is -2.07. The summed E-state index contributed by atoms with van der Waals surface area (Å²) in [4.78, 5) is 10.8. The van der Waals surface area contributed by atoms with Crippen LogP contribution in [0.2, 0.25) is 0 Å². The maximum Gasteiger partial charge on any atom is 0.335 e. The van der Waals surface area contributed by atoms with Crippen LogP contribution in [-0.4, -0.2) is 30.8 Å². The van der Waals surface area contributed by atoms with Gasteiger partial charge >= 0.3 is 5.97 Å². The highest BCUT2D eigenvalue weighted by atomic mass is 16.5. The Labute approximate surface area is 143 Å². The molecule has 2 N–H and O–H groups in total. The molecule has 0 aliphatic heterocycles. The minimum atomic E-state index is -0.917. The van der Waals surface area contributed by atoms with Gasteiger partial charge in [-0.3, -0.25) is 0 Å². The standard InChI is InChI=1S/C20H25NO3/c22-20(23)18-10-12-19(13-11-18)24-16-5-4-14-21-15-6-9-17-7-2-1-3-8-17/h1-3,7-8,10-13,21H,4-6,9,14-16H2,(H,22,23). The van der Waals surface area contributed by atoms with Crippen molar-refractivity contribution in [3.05, 3.63) is 65.7 Å². The lowest BCUT2D eigenvalue weighted by atomic mass is 10.1. The molecule has 0 saturated carbocycles. The largest absolute Gasteiger partial charge is 0.494 e. The number of ether oxygens (including phenoxy) is 1. The normalized spacial score (nSPS) is 10.5. The number of unbranched alkanes of at least 4 members (excludes halogenated alkanes) is 1. The van der Waals surface area contributed by atoms with E-state index in [2.05, 4.69) is 29.6 Å². The molecule has 4 nitrogen and oxygen atoms in total. The number of hydrogen-bond acceptors (Lipinski definition) is 3. The predicted molar refractivity (Wildman–Crippen MR) is 95.8 cm³/mol. The van der Waals surface area contributed by atoms with E-state index in [1.165, 1.54) is 5.56 Å². The second-order valence-corrected chi connectivity index (χ2v) is 5.72. The van der Waals surface area contributed by atoms with Crippen LogP contribution < -0.4 is 10.1 Å². The van der Waals surface area contributed by atoms with E-state index in [0.29, 0.717) is 6.61 Å². The summed E-state index contributed by atoms with van der Waals surface area (Å²) in [5.41, 5.74) is 1.67. The summed E-state index contributed by atoms with van der Waals surface area (Å²) in [6, 6.07) is 17.1. The molecule has 0 aliphatic rings. The second kappa shape index (κ2) is 10.4. The molecule has 4 heteroatoms. The van der Waals surface area contributed by atoms with E-state index >= 15 is 0 Å². The van der Waals surface area contributed by atoms with Gasteiger partial charge in [0.1, 0.15) is 5.75 Å². The SMILES string of the molecule is O=C(O)c1ccc(OCCCCNCCCc2ccccc2)cc1. The predicted octanol–water partition coefficient (Wildman–Crippen LogP) is 3.77. The van der Waals surface area contributed by atoms with E-state index in [1.807, 2.05) is 6.07 Å². The van der Waals surface area contributed by atoms with Crippen LogP contribution in [0.15, 0.2) is 54.6 Å². The summed E-state index contributed by atoms with van der Waals surface area (Å²) >= 11 is 0. The van der Waals surface area contributed by atoms with Crippen molar-refractivity contribution >= 4 is 5.97 Å². The summed E-state index contributed by atoms with van der Waals surface area (Å²) in [7, 11) is 0. The molecule has 0 unspecified atom stereocenters. The van der Waals surface area contributed by atoms with Gasteiger partial charge in [0.15, 0.2) is 0 Å². The smallest absolute Gasteiger partial charge is 0.335 e. The average Bonchev–Trinajstić information content (AvgIpc) is 2.61. The van der Waals surface area contributed by atoms with Crippen LogP contribution in [0.4, 0.5) is 0 Å². The van der Waals surface area contributed by atoms with Gasteiger partial charge in [0, 0.05) is 0 Å². The van der Waals surface area contributed by atoms with Crippen LogP contribution in [-0.2, 0) is 6.42 Å². The zero-order valence-corrected chi connectivity index (χ0v) is 13.9. The number of nitrogens with one attached hydrogen (secondary N) is 1. The van der Waals surface area contributed by atoms with Crippen molar-refractivity contribution in [1.29, 1.82) is 0 Å². The van der Waals surface area contributed by atoms with Gasteiger partial charge in [-0.05, 0) is 68.6 Å². The molecule has 0 heterocycles. The first-order valence-corrected chi connectivity index (χ1v) is 8.46. The molecule has 128 valence electrons. The van der Waals surface area contributed by atoms with Crippen LogP contribution in [0, 0.1) is 0 Å². The third-order valence-electron chi connectivity index (χ3n) is 3.78. The quantitative estimate of drug-likeness (QED) is 0.617. The van der Waals surface area contributed by atoms with E-state index in [-0.39, 0.29) is 5.56 Å². The average molecular weight is 327 g/mol. The molecule has 0 spiro atoms. The first-order chi connectivity index (χ1) is 11.8. The Kier molecular flexibility index (Phi) is 7.84. The van der Waals surface area contributed by atoms with Crippen LogP contribution in [0.3, 0.4) is 0 Å². The highest BCUT2D eigenvalue weighted by Crippen LogP contribution is 2.12. The van der Waals surface area contributed by atoms with Crippen molar-refractivity contribution in [2.45, 2.75) is 25.7 Å². The summed E-state index contributed by atoms with van der Waals surface area (Å²) in [5.74, 6) is -0.198. The number of carboxylic acid groups (broad SMARTS) is 1. The molecule has 0 atom stereocenters. The Morgan fingerprint density at radius 2 is 1.62 bits per heavy atom. The molecule has 0 saturated heterocycles. The van der Waals surface area contributed by atoms with Gasteiger partial charge in [-0.25, -0.2) is 4.79 Å². The van der Waals surface area contributed by atoms with Crippen LogP contribution in [0.25, 0.3) is 0 Å². The molecule has 0 aliphatic carbocycles. The first kappa shape index (κ1) is 18.0. The topological polar surface area (TPSA) is 58.6 Å². The van der Waals surface area contributed by atoms with Gasteiger partial charge in [-0.1, -0.05) is 30.3 Å². The molecule has 0 bridgehead atoms. The van der Waals surface area contributed by atoms with E-state index in [4.69, 9.17) is 9.84 Å². The Balaban J connectivity index is 1.46. The minimum Gasteiger partial charge on any atom is -0.494 e. The van der Waals surface area contributed by atoms with Crippen LogP contribution >= 0.6 is 0 Å². The molecule has 0 amide bonds. The van der Waals surface area contributed by atoms with Gasteiger partial charge in [-0.2, -0.15) is 0 Å². The van der Waals surface area contributed by atoms with Crippen LogP contribution in [0.5, 0.6) is 5.75 Å². The molecule has 2 aromatic rings. The zero-order chi connectivity index (χ0) is 17.0. The minimum absolute atomic E-state index is 0.280.